The van der Waals surface area contributed by atoms with Gasteiger partial charge in [-0.1, -0.05) is 19.1 Å². The number of nitrogens with zero attached hydrogens (tertiary/aromatic N) is 1. The van der Waals surface area contributed by atoms with Crippen molar-refractivity contribution in [2.75, 3.05) is 0 Å². The Hall–Kier alpha value is -1.66. The Morgan fingerprint density at radius 1 is 1.24 bits per heavy atom. The van der Waals surface area contributed by atoms with Crippen molar-refractivity contribution in [3.05, 3.63) is 59.3 Å². The highest BCUT2D eigenvalue weighted by molar-refractivity contribution is 7.88. The molecule has 2 aliphatic carbocycles. The van der Waals surface area contributed by atoms with Crippen LogP contribution in [0, 0.1) is 11.7 Å². The fourth-order valence-electron chi connectivity index (χ4n) is 3.29. The summed E-state index contributed by atoms with van der Waals surface area (Å²) in [4.78, 5) is 0. The van der Waals surface area contributed by atoms with Gasteiger partial charge in [0, 0.05) is 12.0 Å². The van der Waals surface area contributed by atoms with Gasteiger partial charge in [-0.05, 0) is 55.0 Å². The van der Waals surface area contributed by atoms with Gasteiger partial charge in [-0.15, -0.1) is 0 Å². The second-order valence-electron chi connectivity index (χ2n) is 7.29. The minimum Gasteiger partial charge on any atom is -0.464 e. The van der Waals surface area contributed by atoms with Crippen LogP contribution in [0.25, 0.3) is 0 Å². The van der Waals surface area contributed by atoms with E-state index in [1.807, 2.05) is 12.1 Å². The van der Waals surface area contributed by atoms with Crippen molar-refractivity contribution in [3.8, 4) is 0 Å². The van der Waals surface area contributed by atoms with E-state index in [1.165, 1.54) is 22.5 Å². The summed E-state index contributed by atoms with van der Waals surface area (Å²) in [5, 5.41) is 0. The van der Waals surface area contributed by atoms with Crippen molar-refractivity contribution >= 4 is 10.0 Å². The highest BCUT2D eigenvalue weighted by Gasteiger charge is 2.39. The predicted octanol–water partition coefficient (Wildman–Crippen LogP) is 4.04. The molecule has 0 saturated heterocycles. The van der Waals surface area contributed by atoms with E-state index in [9.17, 15) is 12.8 Å². The van der Waals surface area contributed by atoms with Crippen LogP contribution in [0.2, 0.25) is 0 Å². The van der Waals surface area contributed by atoms with E-state index >= 15 is 0 Å². The van der Waals surface area contributed by atoms with Gasteiger partial charge in [0.2, 0.25) is 10.0 Å². The van der Waals surface area contributed by atoms with E-state index in [0.717, 1.165) is 25.0 Å². The zero-order chi connectivity index (χ0) is 17.6. The second-order valence-corrected chi connectivity index (χ2v) is 9.21. The lowest BCUT2D eigenvalue weighted by Crippen LogP contribution is -2.33. The van der Waals surface area contributed by atoms with Crippen molar-refractivity contribution in [3.63, 3.8) is 0 Å². The van der Waals surface area contributed by atoms with Crippen LogP contribution in [0.3, 0.4) is 0 Å². The summed E-state index contributed by atoms with van der Waals surface area (Å²) in [5.41, 5.74) is 0.470. The first-order chi connectivity index (χ1) is 11.9. The first-order valence-electron chi connectivity index (χ1n) is 8.75. The Morgan fingerprint density at radius 2 is 2.00 bits per heavy atom. The molecule has 0 N–H and O–H groups in total. The summed E-state index contributed by atoms with van der Waals surface area (Å²) in [5.74, 6) is 2.17. The summed E-state index contributed by atoms with van der Waals surface area (Å²) in [6.45, 7) is 2.44. The third-order valence-corrected chi connectivity index (χ3v) is 6.86. The topological polar surface area (TPSA) is 50.5 Å². The Kier molecular flexibility index (Phi) is 4.20. The minimum absolute atomic E-state index is 0.0342. The molecule has 0 aliphatic heterocycles. The van der Waals surface area contributed by atoms with Gasteiger partial charge in [0.05, 0.1) is 12.3 Å². The smallest absolute Gasteiger partial charge is 0.218 e. The number of rotatable bonds is 7. The van der Waals surface area contributed by atoms with Gasteiger partial charge in [0.1, 0.15) is 17.3 Å². The van der Waals surface area contributed by atoms with Gasteiger partial charge in [-0.25, -0.2) is 12.8 Å². The molecular weight excluding hydrogens is 341 g/mol. The van der Waals surface area contributed by atoms with Crippen LogP contribution >= 0.6 is 0 Å². The molecule has 2 aliphatic rings. The number of furan rings is 1. The van der Waals surface area contributed by atoms with Crippen molar-refractivity contribution in [2.45, 2.75) is 50.4 Å². The zero-order valence-corrected chi connectivity index (χ0v) is 15.0. The number of sulfonamides is 1. The lowest BCUT2D eigenvalue weighted by Gasteiger charge is -2.21. The fraction of sp³-hybridized carbons (Fsp3) is 0.474. The molecule has 1 heterocycles. The largest absolute Gasteiger partial charge is 0.464 e. The Bertz CT molecular complexity index is 872. The van der Waals surface area contributed by atoms with Gasteiger partial charge in [-0.2, -0.15) is 4.31 Å². The molecule has 2 unspecified atom stereocenters. The quantitative estimate of drug-likeness (QED) is 0.746. The van der Waals surface area contributed by atoms with Gasteiger partial charge >= 0.3 is 0 Å². The SMILES string of the molecule is CC1CC1c1ccc(CN(C2CC2)S(=O)(=O)Cc2cccc(F)c2)o1. The molecule has 134 valence electrons. The highest BCUT2D eigenvalue weighted by atomic mass is 32.2. The maximum Gasteiger partial charge on any atom is 0.218 e. The van der Waals surface area contributed by atoms with E-state index in [2.05, 4.69) is 6.92 Å². The molecule has 6 heteroatoms. The molecular formula is C19H22FNO3S. The van der Waals surface area contributed by atoms with Crippen LogP contribution in [0.15, 0.2) is 40.8 Å². The molecule has 0 spiro atoms. The molecule has 0 amide bonds. The van der Waals surface area contributed by atoms with E-state index in [1.54, 1.807) is 6.07 Å². The van der Waals surface area contributed by atoms with Crippen LogP contribution in [0.4, 0.5) is 4.39 Å². The summed E-state index contributed by atoms with van der Waals surface area (Å²) in [6.07, 6.45) is 2.88. The van der Waals surface area contributed by atoms with E-state index < -0.39 is 15.8 Å². The third-order valence-electron chi connectivity index (χ3n) is 5.02. The summed E-state index contributed by atoms with van der Waals surface area (Å²) in [6, 6.07) is 9.66. The fourth-order valence-corrected chi connectivity index (χ4v) is 5.04. The summed E-state index contributed by atoms with van der Waals surface area (Å²) >= 11 is 0. The number of hydrogen-bond acceptors (Lipinski definition) is 3. The molecule has 1 aromatic carbocycles. The molecule has 0 bridgehead atoms. The Balaban J connectivity index is 1.51. The second kappa shape index (κ2) is 6.25. The van der Waals surface area contributed by atoms with E-state index in [4.69, 9.17) is 4.42 Å². The monoisotopic (exact) mass is 363 g/mol. The standard InChI is InChI=1S/C19H22FNO3S/c1-13-9-18(13)19-8-7-17(24-19)11-21(16-5-6-16)25(22,23)12-14-3-2-4-15(20)10-14/h2-4,7-8,10,13,16,18H,5-6,9,11-12H2,1H3. The lowest BCUT2D eigenvalue weighted by molar-refractivity contribution is 0.347. The van der Waals surface area contributed by atoms with Crippen molar-refractivity contribution in [1.29, 1.82) is 0 Å². The first-order valence-corrected chi connectivity index (χ1v) is 10.4. The maximum absolute atomic E-state index is 13.4. The normalized spacial score (nSPS) is 23.2. The van der Waals surface area contributed by atoms with Gasteiger partial charge in [0.15, 0.2) is 0 Å². The molecule has 2 atom stereocenters. The average molecular weight is 363 g/mol. The first kappa shape index (κ1) is 16.8. The third kappa shape index (κ3) is 3.80. The maximum atomic E-state index is 13.4. The average Bonchev–Trinajstić information content (AvgIpc) is 3.45. The Morgan fingerprint density at radius 3 is 2.64 bits per heavy atom. The van der Waals surface area contributed by atoms with Crippen LogP contribution < -0.4 is 0 Å². The van der Waals surface area contributed by atoms with Crippen molar-refractivity contribution < 1.29 is 17.2 Å². The Labute approximate surface area is 147 Å². The minimum atomic E-state index is -3.53. The van der Waals surface area contributed by atoms with Crippen LogP contribution in [0.1, 0.15) is 49.2 Å². The molecule has 1 aromatic heterocycles. The van der Waals surface area contributed by atoms with Gasteiger partial charge in [0.25, 0.3) is 0 Å². The van der Waals surface area contributed by atoms with Crippen molar-refractivity contribution in [2.24, 2.45) is 5.92 Å². The molecule has 0 radical (unpaired) electrons. The summed E-state index contributed by atoms with van der Waals surface area (Å²) < 4.78 is 46.5. The number of halogens is 1. The predicted molar refractivity (Wildman–Crippen MR) is 92.8 cm³/mol. The van der Waals surface area contributed by atoms with Crippen molar-refractivity contribution in [1.82, 2.24) is 4.31 Å². The molecule has 25 heavy (non-hydrogen) atoms. The number of hydrogen-bond donors (Lipinski definition) is 0. The van der Waals surface area contributed by atoms with Crippen LogP contribution in [-0.4, -0.2) is 18.8 Å². The molecule has 2 saturated carbocycles. The highest BCUT2D eigenvalue weighted by Crippen LogP contribution is 2.47. The van der Waals surface area contributed by atoms with E-state index in [0.29, 0.717) is 23.2 Å². The van der Waals surface area contributed by atoms with Gasteiger partial charge in [-0.3, -0.25) is 0 Å². The number of benzene rings is 1. The molecule has 2 fully saturated rings. The zero-order valence-electron chi connectivity index (χ0n) is 14.2. The lowest BCUT2D eigenvalue weighted by atomic mass is 10.2. The summed E-state index contributed by atoms with van der Waals surface area (Å²) in [7, 11) is -3.53. The molecule has 2 aromatic rings. The van der Waals surface area contributed by atoms with Crippen LogP contribution in [0.5, 0.6) is 0 Å². The van der Waals surface area contributed by atoms with Crippen LogP contribution in [-0.2, 0) is 22.3 Å². The van der Waals surface area contributed by atoms with Gasteiger partial charge < -0.3 is 4.42 Å². The molecule has 4 rings (SSSR count). The van der Waals surface area contributed by atoms with E-state index in [-0.39, 0.29) is 18.3 Å². The molecule has 4 nitrogen and oxygen atoms in total.